The van der Waals surface area contributed by atoms with Crippen molar-refractivity contribution in [3.05, 3.63) is 33.3 Å². The predicted octanol–water partition coefficient (Wildman–Crippen LogP) is 4.52. The number of carbonyl (C=O) groups excluding carboxylic acids is 1. The fraction of sp³-hybridized carbons (Fsp3) is 0.462. The minimum absolute atomic E-state index is 0.0422. The summed E-state index contributed by atoms with van der Waals surface area (Å²) in [4.78, 5) is 13.6. The topological polar surface area (TPSA) is 20.3 Å². The number of hydrogen-bond acceptors (Lipinski definition) is 1. The number of nitrogens with zero attached hydrogens (tertiary/aromatic N) is 1. The summed E-state index contributed by atoms with van der Waals surface area (Å²) in [6.45, 7) is 0.243. The van der Waals surface area contributed by atoms with E-state index in [2.05, 4.69) is 15.9 Å². The first-order chi connectivity index (χ1) is 9.29. The largest absolute Gasteiger partial charge is 0.391 e. The van der Waals surface area contributed by atoms with Crippen LogP contribution in [0.15, 0.2) is 22.7 Å². The summed E-state index contributed by atoms with van der Waals surface area (Å²) in [6.07, 6.45) is -4.25. The third-order valence-electron chi connectivity index (χ3n) is 3.41. The van der Waals surface area contributed by atoms with E-state index in [0.717, 1.165) is 0 Å². The molecule has 1 heterocycles. The van der Waals surface area contributed by atoms with Crippen molar-refractivity contribution in [1.29, 1.82) is 0 Å². The number of likely N-dealkylation sites (tertiary alicyclic amines) is 1. The van der Waals surface area contributed by atoms with Gasteiger partial charge in [-0.1, -0.05) is 11.6 Å². The molecular weight excluding hydrogens is 358 g/mol. The fourth-order valence-electron chi connectivity index (χ4n) is 2.22. The van der Waals surface area contributed by atoms with Crippen molar-refractivity contribution in [2.75, 3.05) is 13.1 Å². The molecule has 1 aromatic carbocycles. The van der Waals surface area contributed by atoms with Crippen LogP contribution in [-0.2, 0) is 0 Å². The van der Waals surface area contributed by atoms with Crippen molar-refractivity contribution >= 4 is 33.4 Å². The van der Waals surface area contributed by atoms with Crippen LogP contribution >= 0.6 is 27.5 Å². The van der Waals surface area contributed by atoms with Gasteiger partial charge in [-0.05, 0) is 47.0 Å². The number of alkyl halides is 3. The number of piperidine rings is 1. The van der Waals surface area contributed by atoms with Crippen LogP contribution in [0.25, 0.3) is 0 Å². The Labute approximate surface area is 128 Å². The Morgan fingerprint density at radius 1 is 1.30 bits per heavy atom. The molecule has 0 aromatic heterocycles. The first-order valence-electron chi connectivity index (χ1n) is 6.10. The molecule has 0 aliphatic carbocycles. The van der Waals surface area contributed by atoms with Gasteiger partial charge in [-0.2, -0.15) is 13.2 Å². The maximum Gasteiger partial charge on any atom is 0.391 e. The van der Waals surface area contributed by atoms with Gasteiger partial charge in [0.2, 0.25) is 0 Å². The van der Waals surface area contributed by atoms with E-state index < -0.39 is 12.1 Å². The number of amides is 1. The first-order valence-corrected chi connectivity index (χ1v) is 7.27. The van der Waals surface area contributed by atoms with Crippen molar-refractivity contribution < 1.29 is 18.0 Å². The normalized spacial score (nSPS) is 17.4. The highest BCUT2D eigenvalue weighted by atomic mass is 79.9. The van der Waals surface area contributed by atoms with Gasteiger partial charge in [0.05, 0.1) is 10.9 Å². The Hall–Kier alpha value is -0.750. The van der Waals surface area contributed by atoms with E-state index >= 15 is 0 Å². The maximum atomic E-state index is 12.6. The van der Waals surface area contributed by atoms with E-state index in [-0.39, 0.29) is 31.8 Å². The standard InChI is InChI=1S/C13H12BrClF3NO/c14-10-2-1-8(7-11(10)15)12(20)19-5-3-9(4-6-19)13(16,17)18/h1-2,7,9H,3-6H2. The summed E-state index contributed by atoms with van der Waals surface area (Å²) in [7, 11) is 0. The molecule has 1 saturated heterocycles. The molecule has 0 saturated carbocycles. The second-order valence-electron chi connectivity index (χ2n) is 4.74. The molecule has 0 radical (unpaired) electrons. The molecule has 1 amide bonds. The second-order valence-corrected chi connectivity index (χ2v) is 6.00. The summed E-state index contributed by atoms with van der Waals surface area (Å²) < 4.78 is 38.4. The van der Waals surface area contributed by atoms with Crippen molar-refractivity contribution in [2.24, 2.45) is 5.92 Å². The van der Waals surface area contributed by atoms with E-state index in [0.29, 0.717) is 15.1 Å². The molecule has 1 aliphatic rings. The first kappa shape index (κ1) is 15.6. The average molecular weight is 371 g/mol. The lowest BCUT2D eigenvalue weighted by Gasteiger charge is -2.33. The van der Waals surface area contributed by atoms with Crippen molar-refractivity contribution in [3.8, 4) is 0 Å². The quantitative estimate of drug-likeness (QED) is 0.712. The number of benzene rings is 1. The van der Waals surface area contributed by atoms with E-state index in [1.54, 1.807) is 12.1 Å². The molecule has 0 atom stereocenters. The van der Waals surface area contributed by atoms with Gasteiger partial charge in [0.15, 0.2) is 0 Å². The Morgan fingerprint density at radius 3 is 2.40 bits per heavy atom. The predicted molar refractivity (Wildman–Crippen MR) is 73.8 cm³/mol. The van der Waals surface area contributed by atoms with Gasteiger partial charge < -0.3 is 4.90 Å². The molecule has 1 aliphatic heterocycles. The lowest BCUT2D eigenvalue weighted by atomic mass is 9.96. The van der Waals surface area contributed by atoms with E-state index in [1.165, 1.54) is 11.0 Å². The SMILES string of the molecule is O=C(c1ccc(Br)c(Cl)c1)N1CCC(C(F)(F)F)CC1. The zero-order valence-corrected chi connectivity index (χ0v) is 12.7. The zero-order valence-electron chi connectivity index (χ0n) is 10.4. The number of carbonyl (C=O) groups is 1. The Bertz CT molecular complexity index is 513. The van der Waals surface area contributed by atoms with E-state index in [9.17, 15) is 18.0 Å². The molecule has 110 valence electrons. The average Bonchev–Trinajstić information content (AvgIpc) is 2.40. The van der Waals surface area contributed by atoms with Crippen LogP contribution in [0.2, 0.25) is 5.02 Å². The van der Waals surface area contributed by atoms with Gasteiger partial charge in [-0.15, -0.1) is 0 Å². The van der Waals surface area contributed by atoms with Crippen LogP contribution in [0.1, 0.15) is 23.2 Å². The van der Waals surface area contributed by atoms with Gasteiger partial charge in [-0.25, -0.2) is 0 Å². The van der Waals surface area contributed by atoms with Crippen LogP contribution in [-0.4, -0.2) is 30.1 Å². The minimum Gasteiger partial charge on any atom is -0.339 e. The molecule has 2 rings (SSSR count). The van der Waals surface area contributed by atoms with Gasteiger partial charge >= 0.3 is 6.18 Å². The lowest BCUT2D eigenvalue weighted by Crippen LogP contribution is -2.42. The number of rotatable bonds is 1. The number of hydrogen-bond donors (Lipinski definition) is 0. The maximum absolute atomic E-state index is 12.6. The van der Waals surface area contributed by atoms with Crippen molar-refractivity contribution in [2.45, 2.75) is 19.0 Å². The van der Waals surface area contributed by atoms with Crippen molar-refractivity contribution in [1.82, 2.24) is 4.90 Å². The summed E-state index contributed by atoms with van der Waals surface area (Å²) >= 11 is 9.14. The fourth-order valence-corrected chi connectivity index (χ4v) is 2.65. The van der Waals surface area contributed by atoms with Gasteiger partial charge in [0.1, 0.15) is 0 Å². The van der Waals surface area contributed by atoms with Gasteiger partial charge in [-0.3, -0.25) is 4.79 Å². The smallest absolute Gasteiger partial charge is 0.339 e. The minimum atomic E-state index is -4.17. The zero-order chi connectivity index (χ0) is 14.9. The third-order valence-corrected chi connectivity index (χ3v) is 4.64. The van der Waals surface area contributed by atoms with Crippen molar-refractivity contribution in [3.63, 3.8) is 0 Å². The molecular formula is C13H12BrClF3NO. The van der Waals surface area contributed by atoms with Gasteiger partial charge in [0.25, 0.3) is 5.91 Å². The Balaban J connectivity index is 2.03. The lowest BCUT2D eigenvalue weighted by molar-refractivity contribution is -0.183. The second kappa shape index (κ2) is 5.93. The molecule has 0 N–H and O–H groups in total. The summed E-state index contributed by atoms with van der Waals surface area (Å²) in [5, 5.41) is 0.404. The van der Waals surface area contributed by atoms with Crippen LogP contribution < -0.4 is 0 Å². The molecule has 0 unspecified atom stereocenters. The highest BCUT2D eigenvalue weighted by molar-refractivity contribution is 9.10. The Morgan fingerprint density at radius 2 is 1.90 bits per heavy atom. The van der Waals surface area contributed by atoms with Crippen LogP contribution in [0.3, 0.4) is 0 Å². The van der Waals surface area contributed by atoms with Crippen LogP contribution in [0.5, 0.6) is 0 Å². The molecule has 0 spiro atoms. The molecule has 7 heteroatoms. The monoisotopic (exact) mass is 369 g/mol. The van der Waals surface area contributed by atoms with E-state index in [4.69, 9.17) is 11.6 Å². The third kappa shape index (κ3) is 3.47. The molecule has 1 fully saturated rings. The summed E-state index contributed by atoms with van der Waals surface area (Å²) in [6, 6.07) is 4.77. The molecule has 1 aromatic rings. The molecule has 20 heavy (non-hydrogen) atoms. The number of halogens is 5. The van der Waals surface area contributed by atoms with E-state index in [1.807, 2.05) is 0 Å². The highest BCUT2D eigenvalue weighted by Crippen LogP contribution is 2.34. The summed E-state index contributed by atoms with van der Waals surface area (Å²) in [5.74, 6) is -1.58. The highest BCUT2D eigenvalue weighted by Gasteiger charge is 2.41. The molecule has 2 nitrogen and oxygen atoms in total. The Kier molecular flexibility index (Phi) is 4.64. The molecule has 0 bridgehead atoms. The van der Waals surface area contributed by atoms with Gasteiger partial charge in [0, 0.05) is 23.1 Å². The van der Waals surface area contributed by atoms with Crippen LogP contribution in [0.4, 0.5) is 13.2 Å². The summed E-state index contributed by atoms with van der Waals surface area (Å²) in [5.41, 5.74) is 0.392. The van der Waals surface area contributed by atoms with Crippen LogP contribution in [0, 0.1) is 5.92 Å².